The molecular formula is C14H32N4O2. The molecule has 6 nitrogen and oxygen atoms in total. The van der Waals surface area contributed by atoms with Crippen molar-refractivity contribution in [3.63, 3.8) is 0 Å². The molecule has 0 amide bonds. The quantitative estimate of drug-likeness (QED) is 0.205. The Bertz CT molecular complexity index is 235. The first-order chi connectivity index (χ1) is 9.61. The second-order valence-corrected chi connectivity index (χ2v) is 4.93. The number of nitrogens with zero attached hydrogens (tertiary/aromatic N) is 1. The monoisotopic (exact) mass is 288 g/mol. The summed E-state index contributed by atoms with van der Waals surface area (Å²) in [5.74, 6) is 0.119. The van der Waals surface area contributed by atoms with Gasteiger partial charge in [0.2, 0.25) is 0 Å². The first kappa shape index (κ1) is 19.1. The zero-order valence-electron chi connectivity index (χ0n) is 13.0. The number of hydrogen-bond acceptors (Lipinski definition) is 4. The molecule has 120 valence electrons. The molecule has 0 radical (unpaired) electrons. The third-order valence-electron chi connectivity index (χ3n) is 2.90. The lowest BCUT2D eigenvalue weighted by atomic mass is 10.1. The van der Waals surface area contributed by atoms with Crippen molar-refractivity contribution in [1.29, 1.82) is 0 Å². The molecule has 0 aromatic rings. The molecule has 0 bridgehead atoms. The molecule has 0 heterocycles. The third-order valence-corrected chi connectivity index (χ3v) is 2.90. The lowest BCUT2D eigenvalue weighted by Gasteiger charge is -2.24. The van der Waals surface area contributed by atoms with Gasteiger partial charge in [0.1, 0.15) is 0 Å². The maximum atomic E-state index is 6.14. The average Bonchev–Trinajstić information content (AvgIpc) is 2.42. The van der Waals surface area contributed by atoms with Gasteiger partial charge < -0.3 is 26.7 Å². The Morgan fingerprint density at radius 2 is 1.55 bits per heavy atom. The van der Waals surface area contributed by atoms with Crippen molar-refractivity contribution in [3.05, 3.63) is 0 Å². The minimum absolute atomic E-state index is 0.119. The van der Waals surface area contributed by atoms with Crippen molar-refractivity contribution < 1.29 is 9.47 Å². The van der Waals surface area contributed by atoms with Crippen LogP contribution < -0.4 is 17.2 Å². The molecule has 0 aliphatic heterocycles. The normalized spacial score (nSPS) is 12.6. The van der Waals surface area contributed by atoms with Crippen LogP contribution in [0.5, 0.6) is 0 Å². The molecule has 1 atom stereocenters. The van der Waals surface area contributed by atoms with Gasteiger partial charge in [-0.3, -0.25) is 4.99 Å². The van der Waals surface area contributed by atoms with Gasteiger partial charge in [-0.15, -0.1) is 0 Å². The Hall–Kier alpha value is -0.850. The van der Waals surface area contributed by atoms with Gasteiger partial charge in [-0.2, -0.15) is 0 Å². The molecule has 0 unspecified atom stereocenters. The number of rotatable bonds is 13. The van der Waals surface area contributed by atoms with E-state index in [4.69, 9.17) is 26.7 Å². The van der Waals surface area contributed by atoms with E-state index in [0.717, 1.165) is 38.5 Å². The maximum absolute atomic E-state index is 6.14. The minimum Gasteiger partial charge on any atom is -0.370 e. The largest absolute Gasteiger partial charge is 0.370 e. The maximum Gasteiger partial charge on any atom is 0.185 e. The summed E-state index contributed by atoms with van der Waals surface area (Å²) in [4.78, 5) is 3.94. The molecule has 0 spiro atoms. The molecule has 0 aliphatic carbocycles. The standard InChI is InChI=1S/C14H32N4O2/c1-3-5-10-19-13(20-11-6-4-2)12(15)8-7-9-18-14(16)17/h12-13H,3-11,15H2,1-2H3,(H4,16,17,18)/t12-/m1/s1. The van der Waals surface area contributed by atoms with E-state index >= 15 is 0 Å². The van der Waals surface area contributed by atoms with Crippen LogP contribution in [0, 0.1) is 0 Å². The van der Waals surface area contributed by atoms with E-state index in [1.54, 1.807) is 0 Å². The number of nitrogens with two attached hydrogens (primary N) is 3. The van der Waals surface area contributed by atoms with Gasteiger partial charge in [-0.05, 0) is 25.7 Å². The van der Waals surface area contributed by atoms with Crippen LogP contribution in [-0.4, -0.2) is 38.0 Å². The fourth-order valence-corrected chi connectivity index (χ4v) is 1.65. The predicted molar refractivity (Wildman–Crippen MR) is 83.4 cm³/mol. The van der Waals surface area contributed by atoms with Gasteiger partial charge in [0.05, 0.1) is 6.04 Å². The van der Waals surface area contributed by atoms with E-state index in [1.165, 1.54) is 0 Å². The fourth-order valence-electron chi connectivity index (χ4n) is 1.65. The number of ether oxygens (including phenoxy) is 2. The van der Waals surface area contributed by atoms with Crippen LogP contribution in [0.3, 0.4) is 0 Å². The molecule has 0 aromatic heterocycles. The Morgan fingerprint density at radius 3 is 2.00 bits per heavy atom. The van der Waals surface area contributed by atoms with Crippen molar-refractivity contribution in [2.24, 2.45) is 22.2 Å². The van der Waals surface area contributed by atoms with Gasteiger partial charge in [0, 0.05) is 19.8 Å². The summed E-state index contributed by atoms with van der Waals surface area (Å²) in [6.45, 7) is 6.23. The van der Waals surface area contributed by atoms with Gasteiger partial charge in [-0.25, -0.2) is 0 Å². The summed E-state index contributed by atoms with van der Waals surface area (Å²) in [7, 11) is 0. The van der Waals surface area contributed by atoms with E-state index < -0.39 is 0 Å². The summed E-state index contributed by atoms with van der Waals surface area (Å²) in [5.41, 5.74) is 16.7. The van der Waals surface area contributed by atoms with Crippen molar-refractivity contribution in [2.75, 3.05) is 19.8 Å². The van der Waals surface area contributed by atoms with Crippen LogP contribution >= 0.6 is 0 Å². The SMILES string of the molecule is CCCCOC(OCCCC)[C@H](N)CCCN=C(N)N. The average molecular weight is 288 g/mol. The molecule has 20 heavy (non-hydrogen) atoms. The zero-order valence-corrected chi connectivity index (χ0v) is 13.0. The van der Waals surface area contributed by atoms with Crippen LogP contribution in [0.2, 0.25) is 0 Å². The predicted octanol–water partition coefficient (Wildman–Crippen LogP) is 1.33. The topological polar surface area (TPSA) is 109 Å². The summed E-state index contributed by atoms with van der Waals surface area (Å²) in [5, 5.41) is 0. The van der Waals surface area contributed by atoms with E-state index in [2.05, 4.69) is 18.8 Å². The molecular weight excluding hydrogens is 256 g/mol. The van der Waals surface area contributed by atoms with Crippen molar-refractivity contribution in [3.8, 4) is 0 Å². The van der Waals surface area contributed by atoms with Crippen molar-refractivity contribution in [2.45, 2.75) is 64.7 Å². The zero-order chi connectivity index (χ0) is 15.2. The number of hydrogen-bond donors (Lipinski definition) is 3. The summed E-state index contributed by atoms with van der Waals surface area (Å²) in [6, 6.07) is -0.141. The number of unbranched alkanes of at least 4 members (excludes halogenated alkanes) is 2. The second-order valence-electron chi connectivity index (χ2n) is 4.93. The highest BCUT2D eigenvalue weighted by Crippen LogP contribution is 2.08. The third kappa shape index (κ3) is 11.0. The molecule has 0 saturated heterocycles. The first-order valence-corrected chi connectivity index (χ1v) is 7.66. The van der Waals surface area contributed by atoms with E-state index in [9.17, 15) is 0 Å². The van der Waals surface area contributed by atoms with Crippen molar-refractivity contribution in [1.82, 2.24) is 0 Å². The molecule has 0 fully saturated rings. The Balaban J connectivity index is 4.02. The first-order valence-electron chi connectivity index (χ1n) is 7.66. The lowest BCUT2D eigenvalue weighted by Crippen LogP contribution is -2.39. The molecule has 0 rings (SSSR count). The van der Waals surface area contributed by atoms with Gasteiger partial charge in [0.15, 0.2) is 12.2 Å². The van der Waals surface area contributed by atoms with Crippen molar-refractivity contribution >= 4 is 5.96 Å². The lowest BCUT2D eigenvalue weighted by molar-refractivity contribution is -0.156. The highest BCUT2D eigenvalue weighted by atomic mass is 16.7. The van der Waals surface area contributed by atoms with Gasteiger partial charge >= 0.3 is 0 Å². The van der Waals surface area contributed by atoms with Gasteiger partial charge in [-0.1, -0.05) is 26.7 Å². The Kier molecular flexibility index (Phi) is 12.6. The summed E-state index contributed by atoms with van der Waals surface area (Å²) >= 11 is 0. The smallest absolute Gasteiger partial charge is 0.185 e. The summed E-state index contributed by atoms with van der Waals surface area (Å²) < 4.78 is 11.5. The van der Waals surface area contributed by atoms with Crippen LogP contribution in [0.15, 0.2) is 4.99 Å². The van der Waals surface area contributed by atoms with Crippen LogP contribution in [0.1, 0.15) is 52.4 Å². The summed E-state index contributed by atoms with van der Waals surface area (Å²) in [6.07, 6.45) is 5.52. The molecule has 6 heteroatoms. The second kappa shape index (κ2) is 13.1. The van der Waals surface area contributed by atoms with Crippen LogP contribution in [0.25, 0.3) is 0 Å². The van der Waals surface area contributed by atoms with Crippen LogP contribution in [-0.2, 0) is 9.47 Å². The number of guanidine groups is 1. The highest BCUT2D eigenvalue weighted by molar-refractivity contribution is 5.75. The van der Waals surface area contributed by atoms with Gasteiger partial charge in [0.25, 0.3) is 0 Å². The van der Waals surface area contributed by atoms with E-state index in [0.29, 0.717) is 19.8 Å². The Labute approximate surface area is 123 Å². The molecule has 0 aromatic carbocycles. The molecule has 0 aliphatic rings. The van der Waals surface area contributed by atoms with Crippen LogP contribution in [0.4, 0.5) is 0 Å². The highest BCUT2D eigenvalue weighted by Gasteiger charge is 2.18. The minimum atomic E-state index is -0.327. The molecule has 6 N–H and O–H groups in total. The number of aliphatic imine (C=N–C) groups is 1. The fraction of sp³-hybridized carbons (Fsp3) is 0.929. The van der Waals surface area contributed by atoms with E-state index in [1.807, 2.05) is 0 Å². The molecule has 0 saturated carbocycles. The Morgan fingerprint density at radius 1 is 1.00 bits per heavy atom. The van der Waals surface area contributed by atoms with E-state index in [-0.39, 0.29) is 18.3 Å².